The first-order valence-electron chi connectivity index (χ1n) is 6.50. The zero-order valence-corrected chi connectivity index (χ0v) is 11.7. The summed E-state index contributed by atoms with van der Waals surface area (Å²) in [5.41, 5.74) is -1.15. The minimum atomic E-state index is -4.33. The fraction of sp³-hybridized carbons (Fsp3) is 0.923. The summed E-state index contributed by atoms with van der Waals surface area (Å²) in [5.74, 6) is -0.588. The van der Waals surface area contributed by atoms with E-state index in [1.54, 1.807) is 0 Å². The van der Waals surface area contributed by atoms with Crippen molar-refractivity contribution >= 4 is 5.97 Å². The number of methoxy groups -OCH3 is 1. The first-order valence-corrected chi connectivity index (χ1v) is 6.50. The van der Waals surface area contributed by atoms with E-state index in [2.05, 4.69) is 19.2 Å². The van der Waals surface area contributed by atoms with Gasteiger partial charge in [-0.3, -0.25) is 10.1 Å². The summed E-state index contributed by atoms with van der Waals surface area (Å²) >= 11 is 0. The van der Waals surface area contributed by atoms with Crippen molar-refractivity contribution in [3.8, 4) is 0 Å². The number of rotatable bonds is 3. The van der Waals surface area contributed by atoms with Gasteiger partial charge in [0.25, 0.3) is 0 Å². The molecular weight excluding hydrogens is 259 g/mol. The quantitative estimate of drug-likeness (QED) is 0.638. The van der Waals surface area contributed by atoms with Gasteiger partial charge in [-0.25, -0.2) is 0 Å². The van der Waals surface area contributed by atoms with Gasteiger partial charge in [0, 0.05) is 0 Å². The molecule has 1 aliphatic rings. The largest absolute Gasteiger partial charge is 0.468 e. The number of carbonyl (C=O) groups excluding carboxylic acids is 1. The molecular formula is C13H22F3NO2. The summed E-state index contributed by atoms with van der Waals surface area (Å²) in [5, 5.41) is 2.40. The average molecular weight is 281 g/mol. The molecule has 0 aromatic heterocycles. The number of nitrogens with one attached hydrogen (secondary N) is 1. The molecule has 0 aromatic carbocycles. The van der Waals surface area contributed by atoms with Crippen LogP contribution in [0.5, 0.6) is 0 Å². The maximum absolute atomic E-state index is 12.4. The third-order valence-corrected chi connectivity index (χ3v) is 3.89. The van der Waals surface area contributed by atoms with Crippen LogP contribution in [0.3, 0.4) is 0 Å². The predicted octanol–water partition coefficient (Wildman–Crippen LogP) is 3.04. The van der Waals surface area contributed by atoms with Crippen LogP contribution in [0, 0.1) is 5.41 Å². The summed E-state index contributed by atoms with van der Waals surface area (Å²) in [6.45, 7) is 2.98. The van der Waals surface area contributed by atoms with Crippen molar-refractivity contribution in [2.24, 2.45) is 5.41 Å². The van der Waals surface area contributed by atoms with E-state index in [0.717, 1.165) is 6.42 Å². The monoisotopic (exact) mass is 281 g/mol. The number of hydrogen-bond donors (Lipinski definition) is 1. The first kappa shape index (κ1) is 16.3. The highest BCUT2D eigenvalue weighted by Crippen LogP contribution is 2.38. The molecule has 0 amide bonds. The fourth-order valence-corrected chi connectivity index (χ4v) is 2.59. The van der Waals surface area contributed by atoms with Crippen molar-refractivity contribution in [2.75, 3.05) is 13.7 Å². The zero-order valence-electron chi connectivity index (χ0n) is 11.7. The highest BCUT2D eigenvalue weighted by molar-refractivity contribution is 5.80. The smallest absolute Gasteiger partial charge is 0.401 e. The van der Waals surface area contributed by atoms with Gasteiger partial charge in [-0.05, 0) is 31.1 Å². The Morgan fingerprint density at radius 1 is 1.21 bits per heavy atom. The Morgan fingerprint density at radius 3 is 2.37 bits per heavy atom. The molecule has 1 N–H and O–H groups in total. The molecule has 1 unspecified atom stereocenters. The topological polar surface area (TPSA) is 38.3 Å². The van der Waals surface area contributed by atoms with E-state index in [1.165, 1.54) is 7.11 Å². The molecule has 0 saturated heterocycles. The van der Waals surface area contributed by atoms with Crippen LogP contribution in [0.4, 0.5) is 13.2 Å². The second kappa shape index (κ2) is 5.69. The fourth-order valence-electron chi connectivity index (χ4n) is 2.59. The van der Waals surface area contributed by atoms with Gasteiger partial charge in [0.05, 0.1) is 13.7 Å². The van der Waals surface area contributed by atoms with Crippen LogP contribution in [-0.4, -0.2) is 31.3 Å². The Bertz CT molecular complexity index is 328. The van der Waals surface area contributed by atoms with Crippen molar-refractivity contribution in [3.63, 3.8) is 0 Å². The Balaban J connectivity index is 2.84. The van der Waals surface area contributed by atoms with Gasteiger partial charge in [-0.1, -0.05) is 20.3 Å². The van der Waals surface area contributed by atoms with Crippen LogP contribution in [0.15, 0.2) is 0 Å². The van der Waals surface area contributed by atoms with Crippen molar-refractivity contribution in [3.05, 3.63) is 0 Å². The van der Waals surface area contributed by atoms with Gasteiger partial charge in [-0.15, -0.1) is 0 Å². The predicted molar refractivity (Wildman–Crippen MR) is 65.7 cm³/mol. The first-order chi connectivity index (χ1) is 8.60. The van der Waals surface area contributed by atoms with E-state index < -0.39 is 24.2 Å². The van der Waals surface area contributed by atoms with Gasteiger partial charge in [0.1, 0.15) is 5.54 Å². The number of esters is 1. The second-order valence-corrected chi connectivity index (χ2v) is 6.06. The highest BCUT2D eigenvalue weighted by atomic mass is 19.4. The van der Waals surface area contributed by atoms with E-state index >= 15 is 0 Å². The number of carbonyl (C=O) groups is 1. The lowest BCUT2D eigenvalue weighted by Gasteiger charge is -2.32. The van der Waals surface area contributed by atoms with Crippen molar-refractivity contribution < 1.29 is 22.7 Å². The molecule has 6 heteroatoms. The lowest BCUT2D eigenvalue weighted by molar-refractivity contribution is -0.154. The molecule has 0 aliphatic heterocycles. The van der Waals surface area contributed by atoms with Crippen molar-refractivity contribution in [1.82, 2.24) is 5.32 Å². The third-order valence-electron chi connectivity index (χ3n) is 3.89. The number of alkyl halides is 3. The maximum atomic E-state index is 12.4. The van der Waals surface area contributed by atoms with Crippen LogP contribution < -0.4 is 5.32 Å². The molecule has 0 aromatic rings. The third kappa shape index (κ3) is 4.67. The zero-order chi connectivity index (χ0) is 14.7. The molecule has 1 saturated carbocycles. The molecule has 1 atom stereocenters. The molecule has 1 aliphatic carbocycles. The normalized spacial score (nSPS) is 27.7. The van der Waals surface area contributed by atoms with Gasteiger partial charge in [0.2, 0.25) is 0 Å². The Morgan fingerprint density at radius 2 is 1.84 bits per heavy atom. The van der Waals surface area contributed by atoms with Crippen LogP contribution in [0.25, 0.3) is 0 Å². The number of halogens is 3. The molecule has 0 spiro atoms. The summed E-state index contributed by atoms with van der Waals surface area (Å²) in [6.07, 6.45) is -1.25. The number of ether oxygens (including phenoxy) is 1. The second-order valence-electron chi connectivity index (χ2n) is 6.06. The summed E-state index contributed by atoms with van der Waals surface area (Å²) in [6, 6.07) is 0. The van der Waals surface area contributed by atoms with Gasteiger partial charge in [-0.2, -0.15) is 13.2 Å². The van der Waals surface area contributed by atoms with Crippen molar-refractivity contribution in [2.45, 2.75) is 57.7 Å². The summed E-state index contributed by atoms with van der Waals surface area (Å²) < 4.78 is 41.9. The molecule has 1 rings (SSSR count). The molecule has 112 valence electrons. The molecule has 0 heterocycles. The van der Waals surface area contributed by atoms with Crippen LogP contribution >= 0.6 is 0 Å². The minimum absolute atomic E-state index is 0.0513. The maximum Gasteiger partial charge on any atom is 0.401 e. The van der Waals surface area contributed by atoms with Crippen LogP contribution in [0.1, 0.15) is 46.0 Å². The SMILES string of the molecule is COC(=O)C1(NCC(F)(F)F)CCCC(C)(C)CC1. The lowest BCUT2D eigenvalue weighted by Crippen LogP contribution is -2.55. The van der Waals surface area contributed by atoms with Crippen LogP contribution in [0.2, 0.25) is 0 Å². The van der Waals surface area contributed by atoms with E-state index in [-0.39, 0.29) is 5.41 Å². The van der Waals surface area contributed by atoms with E-state index in [0.29, 0.717) is 25.7 Å². The molecule has 0 bridgehead atoms. The Kier molecular flexibility index (Phi) is 4.87. The van der Waals surface area contributed by atoms with E-state index in [4.69, 9.17) is 4.74 Å². The number of hydrogen-bond acceptors (Lipinski definition) is 3. The highest BCUT2D eigenvalue weighted by Gasteiger charge is 2.44. The average Bonchev–Trinajstić information content (AvgIpc) is 2.44. The lowest BCUT2D eigenvalue weighted by atomic mass is 9.83. The Labute approximate surface area is 111 Å². The van der Waals surface area contributed by atoms with E-state index in [9.17, 15) is 18.0 Å². The van der Waals surface area contributed by atoms with Gasteiger partial charge >= 0.3 is 12.1 Å². The Hall–Kier alpha value is -0.780. The van der Waals surface area contributed by atoms with Gasteiger partial charge < -0.3 is 4.74 Å². The van der Waals surface area contributed by atoms with Crippen LogP contribution in [-0.2, 0) is 9.53 Å². The minimum Gasteiger partial charge on any atom is -0.468 e. The van der Waals surface area contributed by atoms with E-state index in [1.807, 2.05) is 0 Å². The molecule has 19 heavy (non-hydrogen) atoms. The summed E-state index contributed by atoms with van der Waals surface area (Å²) in [7, 11) is 1.22. The summed E-state index contributed by atoms with van der Waals surface area (Å²) in [4.78, 5) is 11.9. The molecule has 0 radical (unpaired) electrons. The van der Waals surface area contributed by atoms with Gasteiger partial charge in [0.15, 0.2) is 0 Å². The standard InChI is InChI=1S/C13H22F3NO2/c1-11(2)5-4-6-12(8-7-11,10(18)19-3)17-9-13(14,15)16/h17H,4-9H2,1-3H3. The van der Waals surface area contributed by atoms with Crippen molar-refractivity contribution in [1.29, 1.82) is 0 Å². The molecule has 1 fully saturated rings. The molecule has 3 nitrogen and oxygen atoms in total.